The van der Waals surface area contributed by atoms with Crippen LogP contribution in [0.3, 0.4) is 0 Å². The van der Waals surface area contributed by atoms with Crippen LogP contribution in [0.5, 0.6) is 0 Å². The van der Waals surface area contributed by atoms with Crippen molar-refractivity contribution in [1.82, 2.24) is 4.90 Å². The van der Waals surface area contributed by atoms with Crippen LogP contribution in [0.25, 0.3) is 0 Å². The quantitative estimate of drug-likeness (QED) is 0.725. The summed E-state index contributed by atoms with van der Waals surface area (Å²) in [4.78, 5) is 2.50. The molecule has 0 aliphatic carbocycles. The molecule has 1 saturated heterocycles. The van der Waals surface area contributed by atoms with Crippen molar-refractivity contribution in [3.05, 3.63) is 21.8 Å². The summed E-state index contributed by atoms with van der Waals surface area (Å²) in [5, 5.41) is 0. The van der Waals surface area contributed by atoms with E-state index in [0.29, 0.717) is 5.92 Å². The van der Waals surface area contributed by atoms with Crippen molar-refractivity contribution in [3.8, 4) is 0 Å². The summed E-state index contributed by atoms with van der Waals surface area (Å²) in [7, 11) is 0. The van der Waals surface area contributed by atoms with E-state index in [1.165, 1.54) is 5.57 Å². The molecule has 3 heteroatoms. The lowest BCUT2D eigenvalue weighted by Gasteiger charge is -2.28. The van der Waals surface area contributed by atoms with Gasteiger partial charge in [0, 0.05) is 13.1 Å². The van der Waals surface area contributed by atoms with Crippen molar-refractivity contribution >= 4 is 24.4 Å². The number of nitrogens with zero attached hydrogens (tertiary/aromatic N) is 1. The summed E-state index contributed by atoms with van der Waals surface area (Å²) in [5.41, 5.74) is 1.47. The molecule has 15 heavy (non-hydrogen) atoms. The van der Waals surface area contributed by atoms with E-state index in [0.717, 1.165) is 26.3 Å². The highest BCUT2D eigenvalue weighted by Gasteiger charge is 2.15. The van der Waals surface area contributed by atoms with Gasteiger partial charge in [0.05, 0.1) is 16.8 Å². The van der Waals surface area contributed by atoms with Gasteiger partial charge in [-0.05, 0) is 21.6 Å². The highest BCUT2D eigenvalue weighted by molar-refractivity contribution is 14.2. The van der Waals surface area contributed by atoms with Crippen LogP contribution >= 0.6 is 20.7 Å². The lowest BCUT2D eigenvalue weighted by atomic mass is 10.0. The van der Waals surface area contributed by atoms with Crippen LogP contribution in [-0.4, -0.2) is 34.8 Å². The van der Waals surface area contributed by atoms with Crippen LogP contribution in [0.15, 0.2) is 21.8 Å². The van der Waals surface area contributed by atoms with Crippen LogP contribution < -0.4 is 0 Å². The number of hydrogen-bond acceptors (Lipinski definition) is 2. The molecule has 2 aliphatic heterocycles. The molecule has 0 unspecified atom stereocenters. The second-order valence-corrected chi connectivity index (χ2v) is 6.57. The first-order chi connectivity index (χ1) is 7.27. The fraction of sp³-hybridized carbons (Fsp3) is 0.583. The minimum Gasteiger partial charge on any atom is -0.379 e. The van der Waals surface area contributed by atoms with Gasteiger partial charge in [0.2, 0.25) is 0 Å². The van der Waals surface area contributed by atoms with Gasteiger partial charge in [-0.2, -0.15) is 0 Å². The second kappa shape index (κ2) is 5.37. The molecular formula is C12H18INO. The van der Waals surface area contributed by atoms with Crippen LogP contribution in [-0.2, 0) is 4.74 Å². The van der Waals surface area contributed by atoms with Gasteiger partial charge in [0.25, 0.3) is 0 Å². The first-order valence-electron chi connectivity index (χ1n) is 5.48. The third-order valence-corrected chi connectivity index (χ3v) is 5.05. The van der Waals surface area contributed by atoms with Crippen molar-refractivity contribution in [1.29, 1.82) is 0 Å². The molecule has 2 heterocycles. The molecule has 0 atom stereocenters. The number of allylic oxidation sites excluding steroid dienone is 2. The molecule has 0 amide bonds. The van der Waals surface area contributed by atoms with E-state index in [4.69, 9.17) is 4.74 Å². The van der Waals surface area contributed by atoms with E-state index in [9.17, 15) is 0 Å². The number of ether oxygens (including phenoxy) is 1. The van der Waals surface area contributed by atoms with Crippen molar-refractivity contribution in [3.63, 3.8) is 0 Å². The molecule has 2 aliphatic rings. The zero-order valence-electron chi connectivity index (χ0n) is 9.37. The van der Waals surface area contributed by atoms with Crippen molar-refractivity contribution in [2.24, 2.45) is 5.92 Å². The lowest BCUT2D eigenvalue weighted by Crippen LogP contribution is -2.39. The van der Waals surface area contributed by atoms with Gasteiger partial charge in [-0.25, -0.2) is 0 Å². The number of hydrogen-bond donors (Lipinski definition) is 0. The maximum atomic E-state index is 5.38. The summed E-state index contributed by atoms with van der Waals surface area (Å²) in [6, 6.07) is 0. The average Bonchev–Trinajstić information content (AvgIpc) is 2.30. The highest BCUT2D eigenvalue weighted by Crippen LogP contribution is 2.22. The van der Waals surface area contributed by atoms with Crippen LogP contribution in [0.2, 0.25) is 0 Å². The van der Waals surface area contributed by atoms with Crippen LogP contribution in [0, 0.1) is 5.92 Å². The Kier molecular flexibility index (Phi) is 4.11. The van der Waals surface area contributed by atoms with Crippen LogP contribution in [0.4, 0.5) is 0 Å². The molecule has 0 aromatic rings. The Bertz CT molecular complexity index is 312. The molecule has 0 N–H and O–H groups in total. The van der Waals surface area contributed by atoms with Gasteiger partial charge in [-0.3, -0.25) is 4.90 Å². The third kappa shape index (κ3) is 2.98. The fourth-order valence-electron chi connectivity index (χ4n) is 1.68. The molecule has 84 valence electrons. The predicted octanol–water partition coefficient (Wildman–Crippen LogP) is 2.53. The molecule has 0 spiro atoms. The maximum absolute atomic E-state index is 5.38. The van der Waals surface area contributed by atoms with Gasteiger partial charge < -0.3 is 4.74 Å². The molecule has 0 bridgehead atoms. The van der Waals surface area contributed by atoms with E-state index < -0.39 is 0 Å². The number of halogens is 1. The predicted molar refractivity (Wildman–Crippen MR) is 73.5 cm³/mol. The Morgan fingerprint density at radius 2 is 2.07 bits per heavy atom. The molecule has 0 saturated carbocycles. The minimum absolute atomic E-state index is 0.101. The summed E-state index contributed by atoms with van der Waals surface area (Å²) < 4.78 is 9.34. The molecular weight excluding hydrogens is 301 g/mol. The van der Waals surface area contributed by atoms with Crippen molar-refractivity contribution in [2.45, 2.75) is 13.8 Å². The largest absolute Gasteiger partial charge is 0.379 e. The molecule has 0 radical (unpaired) electrons. The zero-order valence-corrected chi connectivity index (χ0v) is 11.5. The Morgan fingerprint density at radius 3 is 2.73 bits per heavy atom. The van der Waals surface area contributed by atoms with E-state index in [2.05, 4.69) is 35.0 Å². The Morgan fingerprint density at radius 1 is 1.33 bits per heavy atom. The number of morpholine rings is 1. The van der Waals surface area contributed by atoms with Gasteiger partial charge in [-0.15, -0.1) is 0 Å². The first-order valence-corrected chi connectivity index (χ1v) is 7.81. The Balaban J connectivity index is 2.09. The van der Waals surface area contributed by atoms with Crippen LogP contribution in [0.1, 0.15) is 13.8 Å². The van der Waals surface area contributed by atoms with E-state index in [-0.39, 0.29) is 20.7 Å². The minimum atomic E-state index is 0.101. The standard InChI is InChI=1S/C12H18INO/c1-10(2)11-3-4-13-12(9-11)14-5-7-15-8-6-14/h3-4,9-10H,5-8H2,1-2H3. The van der Waals surface area contributed by atoms with Gasteiger partial charge >= 0.3 is 0 Å². The second-order valence-electron chi connectivity index (χ2n) is 4.12. The average molecular weight is 319 g/mol. The highest BCUT2D eigenvalue weighted by atomic mass is 127. The Hall–Kier alpha value is 0. The smallest absolute Gasteiger partial charge is 0.0598 e. The Labute approximate surface area is 102 Å². The normalized spacial score (nSPS) is 23.4. The SMILES string of the molecule is CC(C)C1=CC(N2CCOCC2)=IC=C1. The lowest BCUT2D eigenvalue weighted by molar-refractivity contribution is 0.0695. The summed E-state index contributed by atoms with van der Waals surface area (Å²) >= 11 is 0.101. The van der Waals surface area contributed by atoms with E-state index in [1.807, 2.05) is 0 Å². The monoisotopic (exact) mass is 319 g/mol. The summed E-state index contributed by atoms with van der Waals surface area (Å²) in [5.74, 6) is 0.640. The molecule has 2 rings (SSSR count). The fourth-order valence-corrected chi connectivity index (χ4v) is 4.06. The number of rotatable bonds is 2. The molecule has 2 nitrogen and oxygen atoms in total. The van der Waals surface area contributed by atoms with Gasteiger partial charge in [0.1, 0.15) is 0 Å². The van der Waals surface area contributed by atoms with E-state index in [1.54, 1.807) is 3.63 Å². The summed E-state index contributed by atoms with van der Waals surface area (Å²) in [6.07, 6.45) is 4.71. The molecule has 1 fully saturated rings. The van der Waals surface area contributed by atoms with E-state index >= 15 is 0 Å². The maximum Gasteiger partial charge on any atom is 0.0598 e. The van der Waals surface area contributed by atoms with Crippen molar-refractivity contribution in [2.75, 3.05) is 26.3 Å². The third-order valence-electron chi connectivity index (χ3n) is 2.70. The zero-order chi connectivity index (χ0) is 10.7. The van der Waals surface area contributed by atoms with Crippen molar-refractivity contribution < 1.29 is 4.74 Å². The molecule has 0 aromatic carbocycles. The van der Waals surface area contributed by atoms with Gasteiger partial charge in [-0.1, -0.05) is 40.7 Å². The molecule has 0 aromatic heterocycles. The summed E-state index contributed by atoms with van der Waals surface area (Å²) in [6.45, 7) is 8.45. The first kappa shape index (κ1) is 11.5. The van der Waals surface area contributed by atoms with Gasteiger partial charge in [0.15, 0.2) is 0 Å². The topological polar surface area (TPSA) is 12.5 Å².